The summed E-state index contributed by atoms with van der Waals surface area (Å²) in [5, 5.41) is 5.92. The lowest BCUT2D eigenvalue weighted by Crippen LogP contribution is -2.19. The Kier molecular flexibility index (Phi) is 4.67. The summed E-state index contributed by atoms with van der Waals surface area (Å²) in [6, 6.07) is 0. The average Bonchev–Trinajstić information content (AvgIpc) is 1.68. The van der Waals surface area contributed by atoms with Gasteiger partial charge in [0.25, 0.3) is 0 Å². The SMILES string of the molecule is CCNP(N)NC. The molecule has 0 amide bonds. The Morgan fingerprint density at radius 2 is 2.29 bits per heavy atom. The van der Waals surface area contributed by atoms with Crippen molar-refractivity contribution >= 4 is 8.37 Å². The van der Waals surface area contributed by atoms with E-state index in [1.54, 1.807) is 0 Å². The van der Waals surface area contributed by atoms with Crippen LogP contribution in [0.1, 0.15) is 6.92 Å². The number of hydrogen-bond donors (Lipinski definition) is 3. The summed E-state index contributed by atoms with van der Waals surface area (Å²) in [6.45, 7) is 2.96. The van der Waals surface area contributed by atoms with Crippen molar-refractivity contribution in [1.29, 1.82) is 0 Å². The van der Waals surface area contributed by atoms with Gasteiger partial charge in [-0.15, -0.1) is 0 Å². The largest absolute Gasteiger partial charge is 0.285 e. The zero-order valence-corrected chi connectivity index (χ0v) is 5.63. The highest BCUT2D eigenvalue weighted by Crippen LogP contribution is 2.07. The molecule has 4 N–H and O–H groups in total. The zero-order chi connectivity index (χ0) is 5.70. The number of hydrogen-bond acceptors (Lipinski definition) is 3. The molecule has 7 heavy (non-hydrogen) atoms. The fraction of sp³-hybridized carbons (Fsp3) is 1.00. The molecule has 44 valence electrons. The van der Waals surface area contributed by atoms with Crippen molar-refractivity contribution in [2.24, 2.45) is 5.50 Å². The molecule has 1 unspecified atom stereocenters. The van der Waals surface area contributed by atoms with Crippen molar-refractivity contribution in [3.05, 3.63) is 0 Å². The van der Waals surface area contributed by atoms with Gasteiger partial charge in [0.1, 0.15) is 8.37 Å². The summed E-state index contributed by atoms with van der Waals surface area (Å²) in [7, 11) is 1.26. The molecule has 4 heteroatoms. The molecule has 3 nitrogen and oxygen atoms in total. The first-order valence-electron chi connectivity index (χ1n) is 2.27. The molecule has 0 saturated heterocycles. The van der Waals surface area contributed by atoms with Crippen LogP contribution in [0.25, 0.3) is 0 Å². The number of rotatable bonds is 3. The van der Waals surface area contributed by atoms with E-state index in [2.05, 4.69) is 10.2 Å². The monoisotopic (exact) mass is 121 g/mol. The fourth-order valence-corrected chi connectivity index (χ4v) is 0.748. The third-order valence-electron chi connectivity index (χ3n) is 0.569. The van der Waals surface area contributed by atoms with Gasteiger partial charge in [0, 0.05) is 0 Å². The van der Waals surface area contributed by atoms with E-state index in [1.807, 2.05) is 14.0 Å². The van der Waals surface area contributed by atoms with Gasteiger partial charge in [-0.2, -0.15) is 0 Å². The van der Waals surface area contributed by atoms with Gasteiger partial charge >= 0.3 is 0 Å². The number of nitrogens with two attached hydrogens (primary N) is 1. The summed E-state index contributed by atoms with van der Waals surface area (Å²) in [5.74, 6) is 0. The van der Waals surface area contributed by atoms with Crippen LogP contribution in [-0.4, -0.2) is 13.6 Å². The van der Waals surface area contributed by atoms with Gasteiger partial charge in [-0.05, 0) is 13.6 Å². The minimum Gasteiger partial charge on any atom is -0.285 e. The van der Waals surface area contributed by atoms with Crippen LogP contribution in [0.3, 0.4) is 0 Å². The van der Waals surface area contributed by atoms with Gasteiger partial charge in [-0.25, -0.2) is 0 Å². The van der Waals surface area contributed by atoms with Crippen molar-refractivity contribution in [1.82, 2.24) is 10.2 Å². The molecule has 0 spiro atoms. The molecule has 0 aromatic rings. The maximum Gasteiger partial charge on any atom is 0.108 e. The molecule has 0 aliphatic carbocycles. The van der Waals surface area contributed by atoms with Crippen LogP contribution in [0.15, 0.2) is 0 Å². The van der Waals surface area contributed by atoms with E-state index < -0.39 is 8.37 Å². The molecule has 0 aliphatic rings. The predicted molar refractivity (Wildman–Crippen MR) is 33.8 cm³/mol. The molecule has 0 heterocycles. The highest BCUT2D eigenvalue weighted by Gasteiger charge is 1.89. The van der Waals surface area contributed by atoms with E-state index in [4.69, 9.17) is 5.50 Å². The van der Waals surface area contributed by atoms with E-state index >= 15 is 0 Å². The van der Waals surface area contributed by atoms with Crippen molar-refractivity contribution in [2.75, 3.05) is 13.6 Å². The lowest BCUT2D eigenvalue weighted by molar-refractivity contribution is 0.988. The highest BCUT2D eigenvalue weighted by molar-refractivity contribution is 7.50. The predicted octanol–water partition coefficient (Wildman–Crippen LogP) is 0.000900. The normalized spacial score (nSPS) is 14.1. The van der Waals surface area contributed by atoms with Gasteiger partial charge < -0.3 is 0 Å². The summed E-state index contributed by atoms with van der Waals surface area (Å²) in [5.41, 5.74) is 5.43. The molecule has 0 aliphatic heterocycles. The Balaban J connectivity index is 2.83. The Labute approximate surface area is 45.6 Å². The lowest BCUT2D eigenvalue weighted by Gasteiger charge is -2.07. The average molecular weight is 121 g/mol. The molecule has 0 fully saturated rings. The first kappa shape index (κ1) is 7.31. The van der Waals surface area contributed by atoms with Gasteiger partial charge in [-0.1, -0.05) is 6.92 Å². The van der Waals surface area contributed by atoms with E-state index in [-0.39, 0.29) is 0 Å². The Bertz CT molecular complexity index is 41.2. The summed E-state index contributed by atoms with van der Waals surface area (Å²) < 4.78 is 0. The van der Waals surface area contributed by atoms with Crippen LogP contribution < -0.4 is 15.7 Å². The summed E-state index contributed by atoms with van der Waals surface area (Å²) in [6.07, 6.45) is 0. The third-order valence-corrected chi connectivity index (χ3v) is 1.71. The topological polar surface area (TPSA) is 50.1 Å². The maximum atomic E-state index is 5.43. The molecule has 0 bridgehead atoms. The van der Waals surface area contributed by atoms with E-state index in [0.29, 0.717) is 0 Å². The van der Waals surface area contributed by atoms with Crippen LogP contribution in [-0.2, 0) is 0 Å². The maximum absolute atomic E-state index is 5.43. The van der Waals surface area contributed by atoms with Crippen molar-refractivity contribution in [2.45, 2.75) is 6.92 Å². The minimum atomic E-state index is -0.578. The van der Waals surface area contributed by atoms with Crippen molar-refractivity contribution < 1.29 is 0 Å². The Morgan fingerprint density at radius 3 is 2.43 bits per heavy atom. The molecule has 0 radical (unpaired) electrons. The van der Waals surface area contributed by atoms with E-state index in [9.17, 15) is 0 Å². The molecule has 0 saturated carbocycles. The van der Waals surface area contributed by atoms with Gasteiger partial charge in [0.2, 0.25) is 0 Å². The molecule has 0 aromatic heterocycles. The van der Waals surface area contributed by atoms with E-state index in [0.717, 1.165) is 6.54 Å². The first-order valence-corrected chi connectivity index (χ1v) is 3.68. The quantitative estimate of drug-likeness (QED) is 0.461. The Morgan fingerprint density at radius 1 is 1.71 bits per heavy atom. The van der Waals surface area contributed by atoms with Crippen LogP contribution in [0, 0.1) is 0 Å². The zero-order valence-electron chi connectivity index (χ0n) is 4.73. The van der Waals surface area contributed by atoms with Crippen molar-refractivity contribution in [3.63, 3.8) is 0 Å². The van der Waals surface area contributed by atoms with Gasteiger partial charge in [0.15, 0.2) is 0 Å². The van der Waals surface area contributed by atoms with Crippen molar-refractivity contribution in [3.8, 4) is 0 Å². The highest BCUT2D eigenvalue weighted by atomic mass is 31.1. The Hall–Kier alpha value is 0.310. The van der Waals surface area contributed by atoms with Crippen LogP contribution >= 0.6 is 8.37 Å². The summed E-state index contributed by atoms with van der Waals surface area (Å²) >= 11 is 0. The second-order valence-corrected chi connectivity index (χ2v) is 2.61. The third kappa shape index (κ3) is 4.16. The molecule has 0 rings (SSSR count). The molecule has 0 aromatic carbocycles. The lowest BCUT2D eigenvalue weighted by atomic mass is 10.8. The molecule has 1 atom stereocenters. The minimum absolute atomic E-state index is 0.578. The van der Waals surface area contributed by atoms with E-state index in [1.165, 1.54) is 0 Å². The molecular weight excluding hydrogens is 109 g/mol. The fourth-order valence-electron chi connectivity index (χ4n) is 0.249. The summed E-state index contributed by atoms with van der Waals surface area (Å²) in [4.78, 5) is 0. The van der Waals surface area contributed by atoms with Crippen LogP contribution in [0.2, 0.25) is 0 Å². The standard InChI is InChI=1S/C3H12N3P/c1-3-6-7(4)5-2/h5-6H,3-4H2,1-2H3. The second-order valence-electron chi connectivity index (χ2n) is 1.11. The van der Waals surface area contributed by atoms with Crippen LogP contribution in [0.4, 0.5) is 0 Å². The van der Waals surface area contributed by atoms with Crippen LogP contribution in [0.5, 0.6) is 0 Å². The van der Waals surface area contributed by atoms with Gasteiger partial charge in [-0.3, -0.25) is 15.7 Å². The first-order chi connectivity index (χ1) is 3.31. The smallest absolute Gasteiger partial charge is 0.108 e. The number of nitrogens with one attached hydrogen (secondary N) is 2. The van der Waals surface area contributed by atoms with Gasteiger partial charge in [0.05, 0.1) is 0 Å². The molecular formula is C3H12N3P. The second kappa shape index (κ2) is 4.47.